The first-order chi connectivity index (χ1) is 10.8. The molecule has 1 saturated heterocycles. The summed E-state index contributed by atoms with van der Waals surface area (Å²) < 4.78 is 6.35. The van der Waals surface area contributed by atoms with Crippen LogP contribution in [0.3, 0.4) is 0 Å². The molecular weight excluding hydrogens is 346 g/mol. The highest BCUT2D eigenvalue weighted by molar-refractivity contribution is 9.10. The highest BCUT2D eigenvalue weighted by Gasteiger charge is 2.19. The fourth-order valence-electron chi connectivity index (χ4n) is 2.59. The van der Waals surface area contributed by atoms with Crippen molar-refractivity contribution in [3.05, 3.63) is 35.2 Å². The summed E-state index contributed by atoms with van der Waals surface area (Å²) in [7, 11) is 0. The van der Waals surface area contributed by atoms with E-state index in [0.717, 1.165) is 45.8 Å². The van der Waals surface area contributed by atoms with E-state index in [0.29, 0.717) is 13.2 Å². The molecule has 22 heavy (non-hydrogen) atoms. The first-order valence-electron chi connectivity index (χ1n) is 7.10. The molecule has 3 aromatic heterocycles. The van der Waals surface area contributed by atoms with Crippen molar-refractivity contribution in [3.8, 4) is 11.3 Å². The zero-order valence-corrected chi connectivity index (χ0v) is 13.4. The molecule has 3 aromatic rings. The van der Waals surface area contributed by atoms with Gasteiger partial charge in [-0.05, 0) is 28.1 Å². The fourth-order valence-corrected chi connectivity index (χ4v) is 2.99. The number of fused-ring (bicyclic) bond motifs is 1. The van der Waals surface area contributed by atoms with Gasteiger partial charge < -0.3 is 14.6 Å². The third-order valence-electron chi connectivity index (χ3n) is 3.71. The van der Waals surface area contributed by atoms with E-state index in [9.17, 15) is 0 Å². The Bertz CT molecular complexity index is 798. The number of aromatic amines is 1. The van der Waals surface area contributed by atoms with E-state index in [1.807, 2.05) is 18.3 Å². The van der Waals surface area contributed by atoms with Crippen molar-refractivity contribution in [2.45, 2.75) is 0 Å². The number of aromatic nitrogens is 4. The van der Waals surface area contributed by atoms with Crippen LogP contribution in [-0.4, -0.2) is 46.2 Å². The number of nitrogens with zero attached hydrogens (tertiary/aromatic N) is 4. The lowest BCUT2D eigenvalue weighted by molar-refractivity contribution is 0.122. The third-order valence-corrected chi connectivity index (χ3v) is 4.32. The monoisotopic (exact) mass is 359 g/mol. The molecule has 1 fully saturated rings. The van der Waals surface area contributed by atoms with Crippen molar-refractivity contribution in [1.29, 1.82) is 0 Å². The summed E-state index contributed by atoms with van der Waals surface area (Å²) in [5.74, 6) is 0.739. The lowest BCUT2D eigenvalue weighted by atomic mass is 10.1. The molecule has 0 unspecified atom stereocenters. The molecule has 4 rings (SSSR count). The van der Waals surface area contributed by atoms with E-state index < -0.39 is 0 Å². The molecule has 7 heteroatoms. The summed E-state index contributed by atoms with van der Waals surface area (Å²) in [5.41, 5.74) is 3.73. The molecule has 0 atom stereocenters. The fraction of sp³-hybridized carbons (Fsp3) is 0.267. The summed E-state index contributed by atoms with van der Waals surface area (Å²) in [5, 5.41) is 0. The maximum Gasteiger partial charge on any atom is 0.226 e. The summed E-state index contributed by atoms with van der Waals surface area (Å²) in [6.07, 6.45) is 5.44. The maximum absolute atomic E-state index is 5.41. The standard InChI is InChI=1S/C15H14BrN5O/c16-11-9-18-14-12(10-1-3-17-4-2-10)19-15(20-13(11)14)21-5-7-22-8-6-21/h1-4,9,18H,5-8H2. The van der Waals surface area contributed by atoms with Gasteiger partial charge >= 0.3 is 0 Å². The number of ether oxygens (including phenoxy) is 1. The number of pyridine rings is 1. The largest absolute Gasteiger partial charge is 0.378 e. The van der Waals surface area contributed by atoms with Crippen LogP contribution in [0, 0.1) is 0 Å². The second-order valence-corrected chi connectivity index (χ2v) is 5.92. The molecule has 6 nitrogen and oxygen atoms in total. The molecule has 0 aliphatic carbocycles. The molecule has 0 spiro atoms. The van der Waals surface area contributed by atoms with Crippen molar-refractivity contribution in [2.75, 3.05) is 31.2 Å². The number of hydrogen-bond acceptors (Lipinski definition) is 5. The van der Waals surface area contributed by atoms with Gasteiger partial charge in [0, 0.05) is 37.2 Å². The number of H-pyrrole nitrogens is 1. The van der Waals surface area contributed by atoms with Crippen LogP contribution < -0.4 is 4.90 Å². The minimum atomic E-state index is 0.709. The number of morpholine rings is 1. The van der Waals surface area contributed by atoms with Crippen LogP contribution in [-0.2, 0) is 4.74 Å². The molecule has 1 aliphatic heterocycles. The van der Waals surface area contributed by atoms with Crippen LogP contribution in [0.2, 0.25) is 0 Å². The van der Waals surface area contributed by atoms with E-state index in [-0.39, 0.29) is 0 Å². The van der Waals surface area contributed by atoms with Crippen LogP contribution in [0.1, 0.15) is 0 Å². The number of anilines is 1. The molecule has 0 aromatic carbocycles. The van der Waals surface area contributed by atoms with Crippen molar-refractivity contribution in [1.82, 2.24) is 19.9 Å². The highest BCUT2D eigenvalue weighted by atomic mass is 79.9. The molecule has 0 bridgehead atoms. The lowest BCUT2D eigenvalue weighted by Crippen LogP contribution is -2.37. The Morgan fingerprint density at radius 3 is 2.68 bits per heavy atom. The van der Waals surface area contributed by atoms with Crippen LogP contribution in [0.25, 0.3) is 22.3 Å². The minimum Gasteiger partial charge on any atom is -0.378 e. The summed E-state index contributed by atoms with van der Waals surface area (Å²) in [6.45, 7) is 3.03. The second kappa shape index (κ2) is 5.66. The molecule has 1 N–H and O–H groups in total. The SMILES string of the molecule is Brc1c[nH]c2c(-c3ccncc3)nc(N3CCOCC3)nc12. The molecule has 0 radical (unpaired) electrons. The van der Waals surface area contributed by atoms with Gasteiger partial charge in [0.1, 0.15) is 11.2 Å². The van der Waals surface area contributed by atoms with Gasteiger partial charge in [-0.2, -0.15) is 0 Å². The Hall–Kier alpha value is -1.99. The Morgan fingerprint density at radius 1 is 1.14 bits per heavy atom. The lowest BCUT2D eigenvalue weighted by Gasteiger charge is -2.27. The minimum absolute atomic E-state index is 0.709. The van der Waals surface area contributed by atoms with E-state index >= 15 is 0 Å². The maximum atomic E-state index is 5.41. The topological polar surface area (TPSA) is 66.9 Å². The normalized spacial score (nSPS) is 15.4. The summed E-state index contributed by atoms with van der Waals surface area (Å²) in [4.78, 5) is 19.0. The first-order valence-corrected chi connectivity index (χ1v) is 7.90. The number of nitrogens with one attached hydrogen (secondary N) is 1. The van der Waals surface area contributed by atoms with Crippen molar-refractivity contribution < 1.29 is 4.74 Å². The molecule has 0 amide bonds. The average Bonchev–Trinajstić information content (AvgIpc) is 2.97. The average molecular weight is 360 g/mol. The molecule has 0 saturated carbocycles. The molecule has 112 valence electrons. The third kappa shape index (κ3) is 2.36. The molecule has 1 aliphatic rings. The Kier molecular flexibility index (Phi) is 3.51. The quantitative estimate of drug-likeness (QED) is 0.761. The Labute approximate surface area is 135 Å². The predicted molar refractivity (Wildman–Crippen MR) is 87.9 cm³/mol. The summed E-state index contributed by atoms with van der Waals surface area (Å²) >= 11 is 3.55. The predicted octanol–water partition coefficient (Wildman–Crippen LogP) is 2.62. The molecule has 4 heterocycles. The van der Waals surface area contributed by atoms with Gasteiger partial charge in [-0.25, -0.2) is 9.97 Å². The zero-order chi connectivity index (χ0) is 14.9. The molecular formula is C15H14BrN5O. The Balaban J connectivity index is 1.90. The van der Waals surface area contributed by atoms with Crippen molar-refractivity contribution in [3.63, 3.8) is 0 Å². The number of halogens is 1. The van der Waals surface area contributed by atoms with Gasteiger partial charge in [-0.3, -0.25) is 4.98 Å². The van der Waals surface area contributed by atoms with Crippen LogP contribution in [0.5, 0.6) is 0 Å². The zero-order valence-electron chi connectivity index (χ0n) is 11.8. The number of hydrogen-bond donors (Lipinski definition) is 1. The summed E-state index contributed by atoms with van der Waals surface area (Å²) in [6, 6.07) is 3.92. The van der Waals surface area contributed by atoms with E-state index in [1.165, 1.54) is 0 Å². The van der Waals surface area contributed by atoms with E-state index in [1.54, 1.807) is 12.4 Å². The van der Waals surface area contributed by atoms with E-state index in [2.05, 4.69) is 30.8 Å². The Morgan fingerprint density at radius 2 is 1.91 bits per heavy atom. The van der Waals surface area contributed by atoms with Crippen LogP contribution >= 0.6 is 15.9 Å². The van der Waals surface area contributed by atoms with Gasteiger partial charge in [0.05, 0.1) is 23.2 Å². The number of rotatable bonds is 2. The van der Waals surface area contributed by atoms with Gasteiger partial charge in [-0.1, -0.05) is 0 Å². The first kappa shape index (κ1) is 13.7. The smallest absolute Gasteiger partial charge is 0.226 e. The highest BCUT2D eigenvalue weighted by Crippen LogP contribution is 2.31. The van der Waals surface area contributed by atoms with Crippen molar-refractivity contribution >= 4 is 32.9 Å². The van der Waals surface area contributed by atoms with Crippen molar-refractivity contribution in [2.24, 2.45) is 0 Å². The van der Waals surface area contributed by atoms with Gasteiger partial charge in [-0.15, -0.1) is 0 Å². The van der Waals surface area contributed by atoms with Crippen LogP contribution in [0.15, 0.2) is 35.2 Å². The van der Waals surface area contributed by atoms with Crippen LogP contribution in [0.4, 0.5) is 5.95 Å². The van der Waals surface area contributed by atoms with E-state index in [4.69, 9.17) is 14.7 Å². The second-order valence-electron chi connectivity index (χ2n) is 5.07. The van der Waals surface area contributed by atoms with Gasteiger partial charge in [0.2, 0.25) is 5.95 Å². The van der Waals surface area contributed by atoms with Gasteiger partial charge in [0.15, 0.2) is 0 Å². The van der Waals surface area contributed by atoms with Gasteiger partial charge in [0.25, 0.3) is 0 Å².